The van der Waals surface area contributed by atoms with Crippen molar-refractivity contribution in [3.8, 4) is 0 Å². The molecule has 2 atom stereocenters. The highest BCUT2D eigenvalue weighted by Gasteiger charge is 2.20. The number of hydrogen-bond donors (Lipinski definition) is 0. The van der Waals surface area contributed by atoms with Gasteiger partial charge in [-0.2, -0.15) is 0 Å². The fourth-order valence-electron chi connectivity index (χ4n) is 2.46. The van der Waals surface area contributed by atoms with Crippen molar-refractivity contribution in [2.24, 2.45) is 5.92 Å². The van der Waals surface area contributed by atoms with E-state index < -0.39 is 0 Å². The smallest absolute Gasteiger partial charge is 0.302 e. The van der Waals surface area contributed by atoms with E-state index in [-0.39, 0.29) is 5.97 Å². The lowest BCUT2D eigenvalue weighted by molar-refractivity contribution is -0.139. The van der Waals surface area contributed by atoms with E-state index in [2.05, 4.69) is 49.4 Å². The van der Waals surface area contributed by atoms with Crippen LogP contribution in [0.15, 0.2) is 42.0 Å². The van der Waals surface area contributed by atoms with Gasteiger partial charge in [0.15, 0.2) is 0 Å². The maximum absolute atomic E-state index is 10.8. The summed E-state index contributed by atoms with van der Waals surface area (Å²) in [6, 6.07) is 8.48. The molecule has 0 aromatic heterocycles. The second kappa shape index (κ2) is 5.87. The summed E-state index contributed by atoms with van der Waals surface area (Å²) in [5.74, 6) is 0.587. The molecule has 0 amide bonds. The topological polar surface area (TPSA) is 26.3 Å². The summed E-state index contributed by atoms with van der Waals surface area (Å²) in [6.07, 6.45) is 6.60. The van der Waals surface area contributed by atoms with Crippen molar-refractivity contribution < 1.29 is 9.53 Å². The molecule has 0 radical (unpaired) electrons. The van der Waals surface area contributed by atoms with E-state index in [1.807, 2.05) is 6.92 Å². The zero-order chi connectivity index (χ0) is 13.8. The molecule has 0 heterocycles. The zero-order valence-electron chi connectivity index (χ0n) is 11.7. The van der Waals surface area contributed by atoms with Gasteiger partial charge in [-0.05, 0) is 29.5 Å². The van der Waals surface area contributed by atoms with Crippen LogP contribution in [0, 0.1) is 5.92 Å². The molecule has 19 heavy (non-hydrogen) atoms. The normalized spacial score (nSPS) is 21.9. The molecule has 2 rings (SSSR count). The fourth-order valence-corrected chi connectivity index (χ4v) is 2.46. The molecular weight excluding hydrogens is 236 g/mol. The van der Waals surface area contributed by atoms with Crippen molar-refractivity contribution in [2.75, 3.05) is 6.61 Å². The van der Waals surface area contributed by atoms with Crippen LogP contribution < -0.4 is 0 Å². The van der Waals surface area contributed by atoms with Crippen molar-refractivity contribution in [3.63, 3.8) is 0 Å². The van der Waals surface area contributed by atoms with Crippen LogP contribution in [0.1, 0.15) is 37.8 Å². The van der Waals surface area contributed by atoms with Gasteiger partial charge in [-0.25, -0.2) is 0 Å². The standard InChI is InChI=1S/C17H20O2/c1-12(11-19-14(3)18)10-16-9-8-15-6-4-5-7-17(15)13(16)2/h4-10,13,16H,11H2,1-3H3/b12-10+. The van der Waals surface area contributed by atoms with Crippen molar-refractivity contribution in [1.82, 2.24) is 0 Å². The molecular formula is C17H20O2. The summed E-state index contributed by atoms with van der Waals surface area (Å²) in [4.78, 5) is 10.8. The molecule has 1 aliphatic rings. The first kappa shape index (κ1) is 13.6. The lowest BCUT2D eigenvalue weighted by atomic mass is 9.80. The van der Waals surface area contributed by atoms with Crippen LogP contribution in [0.4, 0.5) is 0 Å². The van der Waals surface area contributed by atoms with E-state index in [9.17, 15) is 4.79 Å². The maximum atomic E-state index is 10.8. The summed E-state index contributed by atoms with van der Waals surface area (Å²) in [5, 5.41) is 0. The molecule has 0 fully saturated rings. The van der Waals surface area contributed by atoms with Crippen LogP contribution in [0.2, 0.25) is 0 Å². The molecule has 0 spiro atoms. The third-order valence-corrected chi connectivity index (χ3v) is 3.54. The summed E-state index contributed by atoms with van der Waals surface area (Å²) in [7, 11) is 0. The number of benzene rings is 1. The molecule has 0 bridgehead atoms. The van der Waals surface area contributed by atoms with Gasteiger partial charge in [0.1, 0.15) is 6.61 Å². The third-order valence-electron chi connectivity index (χ3n) is 3.54. The second-order valence-corrected chi connectivity index (χ2v) is 5.15. The number of hydrogen-bond acceptors (Lipinski definition) is 2. The van der Waals surface area contributed by atoms with Gasteiger partial charge in [-0.1, -0.05) is 49.4 Å². The van der Waals surface area contributed by atoms with Crippen LogP contribution in [0.3, 0.4) is 0 Å². The Labute approximate surface area is 114 Å². The fraction of sp³-hybridized carbons (Fsp3) is 0.353. The van der Waals surface area contributed by atoms with Crippen molar-refractivity contribution in [2.45, 2.75) is 26.7 Å². The maximum Gasteiger partial charge on any atom is 0.302 e. The van der Waals surface area contributed by atoms with E-state index in [1.54, 1.807) is 0 Å². The first-order valence-electron chi connectivity index (χ1n) is 6.65. The molecule has 1 aromatic carbocycles. The molecule has 0 N–H and O–H groups in total. The predicted octanol–water partition coefficient (Wildman–Crippen LogP) is 3.94. The average Bonchev–Trinajstić information content (AvgIpc) is 2.40. The molecule has 0 saturated carbocycles. The van der Waals surface area contributed by atoms with Gasteiger partial charge in [-0.15, -0.1) is 0 Å². The lowest BCUT2D eigenvalue weighted by Crippen LogP contribution is -2.12. The molecule has 2 heteroatoms. The Hall–Kier alpha value is -1.83. The Bertz CT molecular complexity index is 526. The summed E-state index contributed by atoms with van der Waals surface area (Å²) >= 11 is 0. The van der Waals surface area contributed by atoms with Crippen LogP contribution in [-0.4, -0.2) is 12.6 Å². The second-order valence-electron chi connectivity index (χ2n) is 5.15. The van der Waals surface area contributed by atoms with Crippen molar-refractivity contribution in [1.29, 1.82) is 0 Å². The molecule has 2 unspecified atom stereocenters. The summed E-state index contributed by atoms with van der Waals surface area (Å²) in [6.45, 7) is 6.06. The number of fused-ring (bicyclic) bond motifs is 1. The monoisotopic (exact) mass is 256 g/mol. The minimum absolute atomic E-state index is 0.231. The molecule has 1 aliphatic carbocycles. The van der Waals surface area contributed by atoms with E-state index in [1.165, 1.54) is 18.1 Å². The highest BCUT2D eigenvalue weighted by Crippen LogP contribution is 2.34. The van der Waals surface area contributed by atoms with Crippen molar-refractivity contribution >= 4 is 12.0 Å². The van der Waals surface area contributed by atoms with E-state index >= 15 is 0 Å². The summed E-state index contributed by atoms with van der Waals surface area (Å²) in [5.41, 5.74) is 3.78. The van der Waals surface area contributed by atoms with Gasteiger partial charge in [0.25, 0.3) is 0 Å². The molecule has 1 aromatic rings. The number of carbonyl (C=O) groups is 1. The number of ether oxygens (including phenoxy) is 1. The first-order chi connectivity index (χ1) is 9.08. The number of esters is 1. The predicted molar refractivity (Wildman–Crippen MR) is 77.8 cm³/mol. The highest BCUT2D eigenvalue weighted by molar-refractivity contribution is 5.66. The minimum atomic E-state index is -0.231. The zero-order valence-corrected chi connectivity index (χ0v) is 11.7. The van der Waals surface area contributed by atoms with Gasteiger partial charge in [0.05, 0.1) is 0 Å². The Morgan fingerprint density at radius 1 is 1.32 bits per heavy atom. The Kier molecular flexibility index (Phi) is 4.20. The van der Waals surface area contributed by atoms with Gasteiger partial charge in [0, 0.05) is 12.8 Å². The van der Waals surface area contributed by atoms with E-state index in [4.69, 9.17) is 4.74 Å². The van der Waals surface area contributed by atoms with Crippen LogP contribution in [0.25, 0.3) is 6.08 Å². The molecule has 0 aliphatic heterocycles. The average molecular weight is 256 g/mol. The van der Waals surface area contributed by atoms with Crippen LogP contribution >= 0.6 is 0 Å². The summed E-state index contributed by atoms with van der Waals surface area (Å²) < 4.78 is 5.02. The van der Waals surface area contributed by atoms with Crippen LogP contribution in [-0.2, 0) is 9.53 Å². The van der Waals surface area contributed by atoms with Gasteiger partial charge < -0.3 is 4.74 Å². The Balaban J connectivity index is 2.12. The first-order valence-corrected chi connectivity index (χ1v) is 6.65. The number of allylic oxidation sites excluding steroid dienone is 2. The Morgan fingerprint density at radius 3 is 2.79 bits per heavy atom. The van der Waals surface area contributed by atoms with E-state index in [0.717, 1.165) is 5.57 Å². The quantitative estimate of drug-likeness (QED) is 0.604. The Morgan fingerprint density at radius 2 is 2.05 bits per heavy atom. The number of carbonyl (C=O) groups excluding carboxylic acids is 1. The lowest BCUT2D eigenvalue weighted by Gasteiger charge is -2.25. The minimum Gasteiger partial charge on any atom is -0.461 e. The highest BCUT2D eigenvalue weighted by atomic mass is 16.5. The largest absolute Gasteiger partial charge is 0.461 e. The SMILES string of the molecule is CC(=O)OC/C(C)=C/C1C=Cc2ccccc2C1C. The van der Waals surface area contributed by atoms with Gasteiger partial charge in [-0.3, -0.25) is 4.79 Å². The van der Waals surface area contributed by atoms with Crippen molar-refractivity contribution in [3.05, 3.63) is 53.1 Å². The van der Waals surface area contributed by atoms with E-state index in [0.29, 0.717) is 18.4 Å². The molecule has 0 saturated heterocycles. The third kappa shape index (κ3) is 3.34. The van der Waals surface area contributed by atoms with Gasteiger partial charge >= 0.3 is 5.97 Å². The molecule has 100 valence electrons. The number of rotatable bonds is 3. The van der Waals surface area contributed by atoms with Gasteiger partial charge in [0.2, 0.25) is 0 Å². The molecule has 2 nitrogen and oxygen atoms in total. The van der Waals surface area contributed by atoms with Crippen LogP contribution in [0.5, 0.6) is 0 Å².